The van der Waals surface area contributed by atoms with Gasteiger partial charge in [-0.25, -0.2) is 14.3 Å². The van der Waals surface area contributed by atoms with Crippen molar-refractivity contribution >= 4 is 17.3 Å². The fourth-order valence-corrected chi connectivity index (χ4v) is 2.02. The molecule has 0 spiro atoms. The van der Waals surface area contributed by atoms with Crippen LogP contribution >= 0.6 is 0 Å². The molecule has 98 valence electrons. The molecule has 0 atom stereocenters. The van der Waals surface area contributed by atoms with Gasteiger partial charge in [0.05, 0.1) is 5.56 Å². The standard InChI is InChI=1S/C13H9N5O2/c14-5-9-10(13(19)20)6-18-12(9)16-11(17-18)7-2-1-3-8(15)4-7/h1-4,6H,15H2,(H,16,17)(H,19,20). The van der Waals surface area contributed by atoms with E-state index in [2.05, 4.69) is 10.1 Å². The number of nitrogens with zero attached hydrogens (tertiary/aromatic N) is 3. The van der Waals surface area contributed by atoms with E-state index in [1.54, 1.807) is 18.2 Å². The first-order valence-electron chi connectivity index (χ1n) is 5.70. The average molecular weight is 267 g/mol. The Bertz CT molecular complexity index is 869. The quantitative estimate of drug-likeness (QED) is 0.607. The first-order chi connectivity index (χ1) is 9.60. The molecule has 7 nitrogen and oxygen atoms in total. The Kier molecular flexibility index (Phi) is 2.44. The molecule has 0 aliphatic heterocycles. The lowest BCUT2D eigenvalue weighted by molar-refractivity contribution is 0.0696. The highest BCUT2D eigenvalue weighted by Gasteiger charge is 2.19. The molecule has 0 aliphatic carbocycles. The van der Waals surface area contributed by atoms with Crippen LogP contribution in [0.15, 0.2) is 30.5 Å². The smallest absolute Gasteiger partial charge is 0.338 e. The van der Waals surface area contributed by atoms with Crippen molar-refractivity contribution in [1.29, 1.82) is 5.26 Å². The average Bonchev–Trinajstić information content (AvgIpc) is 2.95. The molecule has 7 heteroatoms. The van der Waals surface area contributed by atoms with Crippen LogP contribution in [0.1, 0.15) is 15.9 Å². The van der Waals surface area contributed by atoms with Crippen LogP contribution in [-0.4, -0.2) is 25.7 Å². The van der Waals surface area contributed by atoms with E-state index in [0.29, 0.717) is 11.5 Å². The number of carbonyl (C=O) groups is 1. The first-order valence-corrected chi connectivity index (χ1v) is 5.70. The Morgan fingerprint density at radius 2 is 2.30 bits per heavy atom. The molecule has 2 heterocycles. The number of H-pyrrole nitrogens is 1. The topological polar surface area (TPSA) is 120 Å². The second-order valence-corrected chi connectivity index (χ2v) is 4.23. The number of anilines is 1. The molecule has 0 unspecified atom stereocenters. The molecule has 1 aromatic carbocycles. The summed E-state index contributed by atoms with van der Waals surface area (Å²) in [7, 11) is 0. The van der Waals surface area contributed by atoms with Crippen LogP contribution in [0.25, 0.3) is 17.0 Å². The van der Waals surface area contributed by atoms with Gasteiger partial charge in [-0.3, -0.25) is 5.10 Å². The summed E-state index contributed by atoms with van der Waals surface area (Å²) in [5, 5.41) is 21.0. The minimum atomic E-state index is -1.16. The molecule has 0 radical (unpaired) electrons. The second kappa shape index (κ2) is 4.13. The highest BCUT2D eigenvalue weighted by Crippen LogP contribution is 2.22. The number of fused-ring (bicyclic) bond motifs is 1. The number of carboxylic acid groups (broad SMARTS) is 1. The van der Waals surface area contributed by atoms with Crippen molar-refractivity contribution in [2.75, 3.05) is 5.73 Å². The van der Waals surface area contributed by atoms with Crippen LogP contribution in [0.4, 0.5) is 5.69 Å². The number of hydrogen-bond acceptors (Lipinski definition) is 4. The van der Waals surface area contributed by atoms with Crippen LogP contribution in [-0.2, 0) is 0 Å². The Morgan fingerprint density at radius 3 is 2.95 bits per heavy atom. The number of hydrogen-bond donors (Lipinski definition) is 3. The molecule has 0 bridgehead atoms. The summed E-state index contributed by atoms with van der Waals surface area (Å²) in [4.78, 5) is 15.3. The van der Waals surface area contributed by atoms with E-state index >= 15 is 0 Å². The Hall–Kier alpha value is -3.27. The number of rotatable bonds is 2. The summed E-state index contributed by atoms with van der Waals surface area (Å²) in [6.45, 7) is 0. The minimum absolute atomic E-state index is 0.0314. The maximum atomic E-state index is 11.0. The number of benzene rings is 1. The highest BCUT2D eigenvalue weighted by molar-refractivity contribution is 5.93. The van der Waals surface area contributed by atoms with Gasteiger partial charge >= 0.3 is 5.97 Å². The summed E-state index contributed by atoms with van der Waals surface area (Å²) >= 11 is 0. The lowest BCUT2D eigenvalue weighted by atomic mass is 10.2. The second-order valence-electron chi connectivity index (χ2n) is 4.23. The number of nitriles is 1. The van der Waals surface area contributed by atoms with Gasteiger partial charge in [0.25, 0.3) is 0 Å². The zero-order valence-corrected chi connectivity index (χ0v) is 10.2. The van der Waals surface area contributed by atoms with Crippen LogP contribution in [0, 0.1) is 11.3 Å². The third-order valence-electron chi connectivity index (χ3n) is 2.93. The lowest BCUT2D eigenvalue weighted by Crippen LogP contribution is -1.97. The van der Waals surface area contributed by atoms with Gasteiger partial charge in [-0.15, -0.1) is 0 Å². The number of aromatic carboxylic acids is 1. The molecule has 3 rings (SSSR count). The third-order valence-corrected chi connectivity index (χ3v) is 2.93. The summed E-state index contributed by atoms with van der Waals surface area (Å²) < 4.78 is 1.42. The van der Waals surface area contributed by atoms with Gasteiger partial charge in [-0.05, 0) is 12.1 Å². The molecule has 0 amide bonds. The number of nitrogen functional groups attached to an aromatic ring is 1. The van der Waals surface area contributed by atoms with Crippen molar-refractivity contribution in [3.63, 3.8) is 0 Å². The lowest BCUT2D eigenvalue weighted by Gasteiger charge is -1.97. The molecule has 0 fully saturated rings. The van der Waals surface area contributed by atoms with Crippen LogP contribution in [0.3, 0.4) is 0 Å². The molecule has 2 aromatic heterocycles. The van der Waals surface area contributed by atoms with E-state index in [-0.39, 0.29) is 16.8 Å². The van der Waals surface area contributed by atoms with Crippen LogP contribution < -0.4 is 5.73 Å². The summed E-state index contributed by atoms with van der Waals surface area (Å²) in [5.41, 5.74) is 7.29. The van der Waals surface area contributed by atoms with Crippen LogP contribution in [0.5, 0.6) is 0 Å². The SMILES string of the molecule is N#Cc1c(C(=O)O)cn2[nH]c(-c3cccc(N)c3)nc12. The predicted octanol–water partition coefficient (Wildman–Crippen LogP) is 1.48. The number of aromatic amines is 1. The normalized spacial score (nSPS) is 10.6. The van der Waals surface area contributed by atoms with E-state index in [1.807, 2.05) is 12.1 Å². The number of nitrogens with two attached hydrogens (primary N) is 1. The number of nitrogens with one attached hydrogen (secondary N) is 1. The van der Waals surface area contributed by atoms with Gasteiger partial charge in [-0.2, -0.15) is 5.26 Å². The van der Waals surface area contributed by atoms with Crippen LogP contribution in [0.2, 0.25) is 0 Å². The minimum Gasteiger partial charge on any atom is -0.478 e. The first kappa shape index (κ1) is 11.8. The van der Waals surface area contributed by atoms with Crippen molar-refractivity contribution in [3.05, 3.63) is 41.6 Å². The molecule has 4 N–H and O–H groups in total. The third kappa shape index (κ3) is 1.67. The fourth-order valence-electron chi connectivity index (χ4n) is 2.02. The van der Waals surface area contributed by atoms with Gasteiger partial charge < -0.3 is 10.8 Å². The molecular formula is C13H9N5O2. The predicted molar refractivity (Wildman–Crippen MR) is 71.1 cm³/mol. The molecule has 0 saturated heterocycles. The molecule has 3 aromatic rings. The van der Waals surface area contributed by atoms with Gasteiger partial charge in [0, 0.05) is 17.4 Å². The zero-order valence-electron chi connectivity index (χ0n) is 10.2. The monoisotopic (exact) mass is 267 g/mol. The van der Waals surface area contributed by atoms with Crippen molar-refractivity contribution < 1.29 is 9.90 Å². The van der Waals surface area contributed by atoms with Crippen molar-refractivity contribution in [1.82, 2.24) is 14.6 Å². The molecule has 0 saturated carbocycles. The maximum absolute atomic E-state index is 11.0. The number of aromatic nitrogens is 3. The fraction of sp³-hybridized carbons (Fsp3) is 0. The Balaban J connectivity index is 2.20. The van der Waals surface area contributed by atoms with Gasteiger partial charge in [0.2, 0.25) is 0 Å². The van der Waals surface area contributed by atoms with Gasteiger partial charge in [0.15, 0.2) is 11.5 Å². The molecule has 20 heavy (non-hydrogen) atoms. The largest absolute Gasteiger partial charge is 0.478 e. The maximum Gasteiger partial charge on any atom is 0.338 e. The van der Waals surface area contributed by atoms with E-state index in [4.69, 9.17) is 16.1 Å². The van der Waals surface area contributed by atoms with E-state index < -0.39 is 5.97 Å². The van der Waals surface area contributed by atoms with Crippen molar-refractivity contribution in [2.24, 2.45) is 0 Å². The Morgan fingerprint density at radius 1 is 1.50 bits per heavy atom. The Labute approximate surface area is 112 Å². The number of carboxylic acids is 1. The highest BCUT2D eigenvalue weighted by atomic mass is 16.4. The summed E-state index contributed by atoms with van der Waals surface area (Å²) in [6, 6.07) is 8.96. The summed E-state index contributed by atoms with van der Waals surface area (Å²) in [5.74, 6) is -0.647. The summed E-state index contributed by atoms with van der Waals surface area (Å²) in [6.07, 6.45) is 1.33. The van der Waals surface area contributed by atoms with Gasteiger partial charge in [-0.1, -0.05) is 12.1 Å². The molecular weight excluding hydrogens is 258 g/mol. The van der Waals surface area contributed by atoms with Crippen molar-refractivity contribution in [2.45, 2.75) is 0 Å². The van der Waals surface area contributed by atoms with Crippen molar-refractivity contribution in [3.8, 4) is 17.5 Å². The van der Waals surface area contributed by atoms with E-state index in [0.717, 1.165) is 5.56 Å². The van der Waals surface area contributed by atoms with E-state index in [1.165, 1.54) is 10.7 Å². The molecule has 0 aliphatic rings. The zero-order chi connectivity index (χ0) is 14.3. The van der Waals surface area contributed by atoms with E-state index in [9.17, 15) is 4.79 Å². The van der Waals surface area contributed by atoms with Gasteiger partial charge in [0.1, 0.15) is 11.6 Å².